The Morgan fingerprint density at radius 3 is 3.06 bits per heavy atom. The maximum atomic E-state index is 5.66. The van der Waals surface area contributed by atoms with E-state index in [1.54, 1.807) is 6.20 Å². The van der Waals surface area contributed by atoms with Crippen LogP contribution in [0, 0.1) is 0 Å². The molecule has 4 heteroatoms. The summed E-state index contributed by atoms with van der Waals surface area (Å²) in [6.07, 6.45) is 6.90. The van der Waals surface area contributed by atoms with E-state index in [4.69, 9.17) is 18.0 Å². The van der Waals surface area contributed by atoms with Crippen LogP contribution in [0.25, 0.3) is 0 Å². The third kappa shape index (κ3) is 2.94. The van der Waals surface area contributed by atoms with Crippen LogP contribution in [0.4, 0.5) is 5.82 Å². The highest BCUT2D eigenvalue weighted by molar-refractivity contribution is 7.80. The Balaban J connectivity index is 2.25. The van der Waals surface area contributed by atoms with E-state index in [1.165, 1.54) is 25.7 Å². The van der Waals surface area contributed by atoms with Crippen LogP contribution in [-0.2, 0) is 0 Å². The number of aromatic nitrogens is 1. The van der Waals surface area contributed by atoms with Gasteiger partial charge in [-0.3, -0.25) is 0 Å². The SMILES string of the molecule is CC1CCCCCN1c1cc(C(N)=S)ccn1. The molecule has 1 aliphatic rings. The standard InChI is InChI=1S/C13H19N3S/c1-10-5-3-2-4-8-16(10)12-9-11(13(14)17)6-7-15-12/h6-7,9-10H,2-5,8H2,1H3,(H2,14,17). The van der Waals surface area contributed by atoms with Gasteiger partial charge in [0.05, 0.1) is 0 Å². The van der Waals surface area contributed by atoms with Crippen LogP contribution in [0.3, 0.4) is 0 Å². The molecule has 1 aromatic heterocycles. The van der Waals surface area contributed by atoms with Gasteiger partial charge in [-0.1, -0.05) is 25.1 Å². The van der Waals surface area contributed by atoms with Gasteiger partial charge in [0.2, 0.25) is 0 Å². The van der Waals surface area contributed by atoms with Gasteiger partial charge in [-0.2, -0.15) is 0 Å². The van der Waals surface area contributed by atoms with Gasteiger partial charge in [-0.15, -0.1) is 0 Å². The van der Waals surface area contributed by atoms with Crippen molar-refractivity contribution in [3.63, 3.8) is 0 Å². The molecule has 0 bridgehead atoms. The molecule has 0 amide bonds. The molecule has 92 valence electrons. The third-order valence-corrected chi connectivity index (χ3v) is 3.61. The number of nitrogens with two attached hydrogens (primary N) is 1. The number of hydrogen-bond donors (Lipinski definition) is 1. The summed E-state index contributed by atoms with van der Waals surface area (Å²) in [6, 6.07) is 4.42. The zero-order valence-electron chi connectivity index (χ0n) is 10.2. The summed E-state index contributed by atoms with van der Waals surface area (Å²) in [6.45, 7) is 3.34. The van der Waals surface area contributed by atoms with Crippen molar-refractivity contribution in [1.29, 1.82) is 0 Å². The molecule has 1 aromatic rings. The molecule has 0 radical (unpaired) electrons. The summed E-state index contributed by atoms with van der Waals surface area (Å²) in [4.78, 5) is 7.26. The maximum absolute atomic E-state index is 5.66. The summed E-state index contributed by atoms with van der Waals surface area (Å²) < 4.78 is 0. The van der Waals surface area contributed by atoms with E-state index in [0.29, 0.717) is 11.0 Å². The van der Waals surface area contributed by atoms with Gasteiger partial charge in [0.1, 0.15) is 10.8 Å². The highest BCUT2D eigenvalue weighted by Crippen LogP contribution is 2.22. The second kappa shape index (κ2) is 5.45. The summed E-state index contributed by atoms with van der Waals surface area (Å²) >= 11 is 5.01. The van der Waals surface area contributed by atoms with Crippen LogP contribution in [0.1, 0.15) is 38.2 Å². The molecule has 1 aliphatic heterocycles. The molecule has 0 aliphatic carbocycles. The molecular weight excluding hydrogens is 230 g/mol. The molecule has 1 fully saturated rings. The average molecular weight is 249 g/mol. The van der Waals surface area contributed by atoms with Crippen molar-refractivity contribution >= 4 is 23.0 Å². The molecule has 0 aromatic carbocycles. The van der Waals surface area contributed by atoms with E-state index in [0.717, 1.165) is 17.9 Å². The minimum atomic E-state index is 0.441. The van der Waals surface area contributed by atoms with Gasteiger partial charge in [0, 0.05) is 24.3 Å². The van der Waals surface area contributed by atoms with Crippen molar-refractivity contribution in [2.24, 2.45) is 5.73 Å². The zero-order valence-corrected chi connectivity index (χ0v) is 11.0. The van der Waals surface area contributed by atoms with Gasteiger partial charge < -0.3 is 10.6 Å². The second-order valence-electron chi connectivity index (χ2n) is 4.66. The Hall–Kier alpha value is -1.16. The Labute approximate surface area is 108 Å². The van der Waals surface area contributed by atoms with E-state index in [9.17, 15) is 0 Å². The lowest BCUT2D eigenvalue weighted by atomic mass is 10.1. The maximum Gasteiger partial charge on any atom is 0.129 e. The van der Waals surface area contributed by atoms with Crippen molar-refractivity contribution in [2.75, 3.05) is 11.4 Å². The van der Waals surface area contributed by atoms with Crippen LogP contribution >= 0.6 is 12.2 Å². The monoisotopic (exact) mass is 249 g/mol. The van der Waals surface area contributed by atoms with Gasteiger partial charge in [-0.05, 0) is 31.9 Å². The fourth-order valence-corrected chi connectivity index (χ4v) is 2.47. The van der Waals surface area contributed by atoms with Crippen molar-refractivity contribution in [3.8, 4) is 0 Å². The Bertz CT molecular complexity index is 405. The van der Waals surface area contributed by atoms with Crippen molar-refractivity contribution in [1.82, 2.24) is 4.98 Å². The highest BCUT2D eigenvalue weighted by atomic mass is 32.1. The highest BCUT2D eigenvalue weighted by Gasteiger charge is 2.18. The number of pyridine rings is 1. The Morgan fingerprint density at radius 1 is 1.47 bits per heavy atom. The summed E-state index contributed by atoms with van der Waals surface area (Å²) in [5.41, 5.74) is 6.57. The number of hydrogen-bond acceptors (Lipinski definition) is 3. The van der Waals surface area contributed by atoms with Crippen molar-refractivity contribution in [2.45, 2.75) is 38.6 Å². The minimum Gasteiger partial charge on any atom is -0.389 e. The van der Waals surface area contributed by atoms with Gasteiger partial charge in [-0.25, -0.2) is 4.98 Å². The molecule has 0 spiro atoms. The molecule has 2 heterocycles. The van der Waals surface area contributed by atoms with E-state index in [1.807, 2.05) is 12.1 Å². The van der Waals surface area contributed by atoms with E-state index in [2.05, 4.69) is 16.8 Å². The minimum absolute atomic E-state index is 0.441. The van der Waals surface area contributed by atoms with Crippen LogP contribution < -0.4 is 10.6 Å². The number of anilines is 1. The Morgan fingerprint density at radius 2 is 2.29 bits per heavy atom. The van der Waals surface area contributed by atoms with Crippen LogP contribution in [0.2, 0.25) is 0 Å². The van der Waals surface area contributed by atoms with E-state index in [-0.39, 0.29) is 0 Å². The second-order valence-corrected chi connectivity index (χ2v) is 5.10. The fourth-order valence-electron chi connectivity index (χ4n) is 2.34. The van der Waals surface area contributed by atoms with Gasteiger partial charge in [0.25, 0.3) is 0 Å². The lowest BCUT2D eigenvalue weighted by molar-refractivity contribution is 0.611. The van der Waals surface area contributed by atoms with Gasteiger partial charge in [0.15, 0.2) is 0 Å². The lowest BCUT2D eigenvalue weighted by Crippen LogP contribution is -2.33. The zero-order chi connectivity index (χ0) is 12.3. The average Bonchev–Trinajstić information content (AvgIpc) is 2.54. The summed E-state index contributed by atoms with van der Waals surface area (Å²) in [5.74, 6) is 1.00. The predicted octanol–water partition coefficient (Wildman–Crippen LogP) is 2.48. The number of thiocarbonyl (C=S) groups is 1. The molecular formula is C13H19N3S. The first-order valence-electron chi connectivity index (χ1n) is 6.21. The topological polar surface area (TPSA) is 42.1 Å². The van der Waals surface area contributed by atoms with Gasteiger partial charge >= 0.3 is 0 Å². The predicted molar refractivity (Wildman–Crippen MR) is 75.4 cm³/mol. The molecule has 1 saturated heterocycles. The smallest absolute Gasteiger partial charge is 0.129 e. The van der Waals surface area contributed by atoms with Crippen molar-refractivity contribution in [3.05, 3.63) is 23.9 Å². The first-order chi connectivity index (χ1) is 8.18. The number of rotatable bonds is 2. The molecule has 17 heavy (non-hydrogen) atoms. The molecule has 1 atom stereocenters. The molecule has 1 unspecified atom stereocenters. The quantitative estimate of drug-likeness (QED) is 0.818. The molecule has 0 saturated carbocycles. The van der Waals surface area contributed by atoms with Crippen molar-refractivity contribution < 1.29 is 0 Å². The van der Waals surface area contributed by atoms with E-state index < -0.39 is 0 Å². The van der Waals surface area contributed by atoms with Crippen LogP contribution in [0.5, 0.6) is 0 Å². The van der Waals surface area contributed by atoms with Crippen LogP contribution in [0.15, 0.2) is 18.3 Å². The largest absolute Gasteiger partial charge is 0.389 e. The molecule has 2 rings (SSSR count). The normalized spacial score (nSPS) is 21.0. The summed E-state index contributed by atoms with van der Waals surface area (Å²) in [5, 5.41) is 0. The third-order valence-electron chi connectivity index (χ3n) is 3.38. The first kappa shape index (κ1) is 12.3. The summed E-state index contributed by atoms with van der Waals surface area (Å²) in [7, 11) is 0. The van der Waals surface area contributed by atoms with E-state index >= 15 is 0 Å². The lowest BCUT2D eigenvalue weighted by Gasteiger charge is -2.28. The molecule has 3 nitrogen and oxygen atoms in total. The Kier molecular flexibility index (Phi) is 3.94. The van der Waals surface area contributed by atoms with Crippen LogP contribution in [-0.4, -0.2) is 22.6 Å². The number of nitrogens with zero attached hydrogens (tertiary/aromatic N) is 2. The first-order valence-corrected chi connectivity index (χ1v) is 6.62. The fraction of sp³-hybridized carbons (Fsp3) is 0.538. The molecule has 2 N–H and O–H groups in total.